The lowest BCUT2D eigenvalue weighted by molar-refractivity contribution is -0.118. The number of carbonyl (C=O) groups excluding carboxylic acids is 2. The highest BCUT2D eigenvalue weighted by atomic mass is 16.5. The first-order chi connectivity index (χ1) is 18.4. The highest BCUT2D eigenvalue weighted by Crippen LogP contribution is 2.35. The van der Waals surface area contributed by atoms with E-state index in [4.69, 9.17) is 4.74 Å². The van der Waals surface area contributed by atoms with E-state index in [-0.39, 0.29) is 35.7 Å². The zero-order chi connectivity index (χ0) is 26.4. The number of aromatic amines is 1. The van der Waals surface area contributed by atoms with E-state index in [1.54, 1.807) is 25.1 Å². The van der Waals surface area contributed by atoms with Crippen LogP contribution in [0.4, 0.5) is 11.5 Å². The molecule has 0 spiro atoms. The van der Waals surface area contributed by atoms with Crippen molar-refractivity contribution in [3.63, 3.8) is 0 Å². The summed E-state index contributed by atoms with van der Waals surface area (Å²) in [5, 5.41) is 25.6. The van der Waals surface area contributed by atoms with E-state index in [0.29, 0.717) is 47.7 Å². The molecule has 0 saturated carbocycles. The number of hydrogen-bond acceptors (Lipinski definition) is 8. The number of aromatic carboxylic acids is 1. The Morgan fingerprint density at radius 2 is 2.08 bits per heavy atom. The number of rotatable bonds is 6. The van der Waals surface area contributed by atoms with Crippen LogP contribution < -0.4 is 20.7 Å². The van der Waals surface area contributed by atoms with Crippen LogP contribution in [0.15, 0.2) is 36.7 Å². The Morgan fingerprint density at radius 3 is 2.92 bits per heavy atom. The molecule has 3 heterocycles. The first kappa shape index (κ1) is 23.4. The first-order valence-corrected chi connectivity index (χ1v) is 12.0. The van der Waals surface area contributed by atoms with Crippen LogP contribution in [0.3, 0.4) is 0 Å². The molecule has 192 valence electrons. The third-order valence-electron chi connectivity index (χ3n) is 6.93. The maximum absolute atomic E-state index is 13.2. The van der Waals surface area contributed by atoms with Crippen LogP contribution in [0, 0.1) is 6.92 Å². The Morgan fingerprint density at radius 1 is 1.21 bits per heavy atom. The maximum Gasteiger partial charge on any atom is 0.335 e. The second-order valence-electron chi connectivity index (χ2n) is 9.21. The van der Waals surface area contributed by atoms with E-state index in [1.165, 1.54) is 6.33 Å². The zero-order valence-electron chi connectivity index (χ0n) is 20.3. The van der Waals surface area contributed by atoms with Crippen molar-refractivity contribution >= 4 is 40.3 Å². The minimum Gasteiger partial charge on any atom is -0.482 e. The van der Waals surface area contributed by atoms with Crippen molar-refractivity contribution in [1.82, 2.24) is 25.5 Å². The molecule has 2 aromatic carbocycles. The second-order valence-corrected chi connectivity index (χ2v) is 9.21. The molecule has 0 bridgehead atoms. The molecule has 1 aliphatic heterocycles. The number of fused-ring (bicyclic) bond motifs is 3. The van der Waals surface area contributed by atoms with Gasteiger partial charge in [0.2, 0.25) is 0 Å². The molecule has 0 saturated heterocycles. The average molecular weight is 514 g/mol. The van der Waals surface area contributed by atoms with Gasteiger partial charge in [-0.1, -0.05) is 12.1 Å². The monoisotopic (exact) mass is 513 g/mol. The maximum atomic E-state index is 13.2. The lowest BCUT2D eigenvalue weighted by atomic mass is 9.98. The van der Waals surface area contributed by atoms with Crippen molar-refractivity contribution in [3.8, 4) is 5.75 Å². The predicted molar refractivity (Wildman–Crippen MR) is 136 cm³/mol. The Hall–Kier alpha value is -5.00. The van der Waals surface area contributed by atoms with Crippen LogP contribution in [0.2, 0.25) is 0 Å². The number of amides is 2. The molecule has 12 heteroatoms. The number of aromatic nitrogens is 4. The fourth-order valence-corrected chi connectivity index (χ4v) is 5.05. The van der Waals surface area contributed by atoms with Crippen molar-refractivity contribution in [2.24, 2.45) is 0 Å². The van der Waals surface area contributed by atoms with Gasteiger partial charge < -0.3 is 25.8 Å². The molecule has 6 rings (SSSR count). The summed E-state index contributed by atoms with van der Waals surface area (Å²) >= 11 is 0. The molecule has 0 unspecified atom stereocenters. The van der Waals surface area contributed by atoms with E-state index < -0.39 is 5.97 Å². The van der Waals surface area contributed by atoms with E-state index in [1.807, 2.05) is 12.1 Å². The number of carbonyl (C=O) groups is 3. The number of anilines is 2. The zero-order valence-corrected chi connectivity index (χ0v) is 20.3. The molecule has 0 radical (unpaired) electrons. The predicted octanol–water partition coefficient (Wildman–Crippen LogP) is 2.72. The van der Waals surface area contributed by atoms with Gasteiger partial charge >= 0.3 is 5.97 Å². The van der Waals surface area contributed by atoms with Gasteiger partial charge in [0.1, 0.15) is 23.1 Å². The van der Waals surface area contributed by atoms with Crippen LogP contribution in [0.25, 0.3) is 11.0 Å². The Bertz CT molecular complexity index is 1630. The number of hydrogen-bond donors (Lipinski definition) is 5. The summed E-state index contributed by atoms with van der Waals surface area (Å²) in [6.45, 7) is 2.19. The Balaban J connectivity index is 1.19. The number of H-pyrrole nitrogens is 1. The summed E-state index contributed by atoms with van der Waals surface area (Å²) in [5.41, 5.74) is 5.41. The molecule has 5 N–H and O–H groups in total. The summed E-state index contributed by atoms with van der Waals surface area (Å²) in [6.07, 6.45) is 2.67. The number of nitrogens with zero attached hydrogens (tertiary/aromatic N) is 3. The lowest BCUT2D eigenvalue weighted by Crippen LogP contribution is -2.28. The molecule has 2 aromatic heterocycles. The highest BCUT2D eigenvalue weighted by Gasteiger charge is 2.29. The van der Waals surface area contributed by atoms with Gasteiger partial charge in [0, 0.05) is 6.54 Å². The standard InChI is InChI=1S/C26H23N7O5/c1-12-14-5-6-17(16(14)4-3-15(12)26(36)37)31-25(35)23-21-22(28-11-29-23)24(33-32-21)27-9-13-2-7-19-18(8-13)30-20(34)10-38-19/h2-4,7-8,11,17H,5-6,9-10H2,1H3,(H,30,34)(H,31,35)(H,36,37)(H2,27,32,33)/t17-/m0/s1. The largest absolute Gasteiger partial charge is 0.482 e. The van der Waals surface area contributed by atoms with Crippen molar-refractivity contribution in [2.45, 2.75) is 32.4 Å². The highest BCUT2D eigenvalue weighted by molar-refractivity contribution is 6.05. The minimum atomic E-state index is -0.961. The normalized spacial score (nSPS) is 15.8. The number of carboxylic acid groups (broad SMARTS) is 1. The summed E-state index contributed by atoms with van der Waals surface area (Å²) in [4.78, 5) is 44.8. The van der Waals surface area contributed by atoms with Gasteiger partial charge in [0.25, 0.3) is 11.8 Å². The molecule has 1 aliphatic carbocycles. The summed E-state index contributed by atoms with van der Waals surface area (Å²) in [5.74, 6) is -0.473. The van der Waals surface area contributed by atoms with Gasteiger partial charge in [-0.2, -0.15) is 5.10 Å². The van der Waals surface area contributed by atoms with Crippen molar-refractivity contribution in [1.29, 1.82) is 0 Å². The second kappa shape index (κ2) is 9.14. The summed E-state index contributed by atoms with van der Waals surface area (Å²) < 4.78 is 5.39. The smallest absolute Gasteiger partial charge is 0.335 e. The van der Waals surface area contributed by atoms with Gasteiger partial charge in [0.15, 0.2) is 18.1 Å². The summed E-state index contributed by atoms with van der Waals surface area (Å²) in [7, 11) is 0. The van der Waals surface area contributed by atoms with E-state index in [0.717, 1.165) is 22.3 Å². The molecular weight excluding hydrogens is 490 g/mol. The van der Waals surface area contributed by atoms with Gasteiger partial charge in [-0.05, 0) is 60.2 Å². The molecule has 0 fully saturated rings. The molecule has 4 aromatic rings. The minimum absolute atomic E-state index is 0.00196. The molecular formula is C26H23N7O5. The molecule has 38 heavy (non-hydrogen) atoms. The fraction of sp³-hybridized carbons (Fsp3) is 0.231. The third kappa shape index (κ3) is 4.05. The van der Waals surface area contributed by atoms with Gasteiger partial charge in [0.05, 0.1) is 17.3 Å². The first-order valence-electron chi connectivity index (χ1n) is 12.0. The Kier molecular flexibility index (Phi) is 5.63. The number of nitrogens with one attached hydrogen (secondary N) is 4. The van der Waals surface area contributed by atoms with Crippen LogP contribution in [-0.2, 0) is 17.8 Å². The van der Waals surface area contributed by atoms with Crippen LogP contribution in [0.5, 0.6) is 5.75 Å². The molecule has 1 atom stereocenters. The van der Waals surface area contributed by atoms with Crippen LogP contribution in [0.1, 0.15) is 55.6 Å². The summed E-state index contributed by atoms with van der Waals surface area (Å²) in [6, 6.07) is 8.60. The number of ether oxygens (including phenoxy) is 1. The fourth-order valence-electron chi connectivity index (χ4n) is 5.05. The van der Waals surface area contributed by atoms with Crippen LogP contribution in [-0.4, -0.2) is 49.7 Å². The van der Waals surface area contributed by atoms with E-state index in [2.05, 4.69) is 36.1 Å². The third-order valence-corrected chi connectivity index (χ3v) is 6.93. The van der Waals surface area contributed by atoms with Crippen molar-refractivity contribution < 1.29 is 24.2 Å². The van der Waals surface area contributed by atoms with Gasteiger partial charge in [-0.15, -0.1) is 0 Å². The Labute approximate surface area is 215 Å². The van der Waals surface area contributed by atoms with Gasteiger partial charge in [-0.3, -0.25) is 14.7 Å². The molecule has 2 amide bonds. The molecule has 12 nitrogen and oxygen atoms in total. The SMILES string of the molecule is Cc1c(C(=O)O)ccc2c1CC[C@@H]2NC(=O)c1ncnc2c(NCc3ccc4c(c3)NC(=O)CO4)n[nH]c12. The van der Waals surface area contributed by atoms with Crippen molar-refractivity contribution in [2.75, 3.05) is 17.2 Å². The van der Waals surface area contributed by atoms with Crippen LogP contribution >= 0.6 is 0 Å². The van der Waals surface area contributed by atoms with E-state index >= 15 is 0 Å². The lowest BCUT2D eigenvalue weighted by Gasteiger charge is -2.18. The van der Waals surface area contributed by atoms with Crippen molar-refractivity contribution in [3.05, 3.63) is 70.2 Å². The average Bonchev–Trinajstić information content (AvgIpc) is 3.51. The topological polar surface area (TPSA) is 171 Å². The molecule has 2 aliphatic rings. The van der Waals surface area contributed by atoms with E-state index in [9.17, 15) is 19.5 Å². The number of carboxylic acids is 1. The quantitative estimate of drug-likeness (QED) is 0.260. The number of benzene rings is 2. The van der Waals surface area contributed by atoms with Gasteiger partial charge in [-0.25, -0.2) is 14.8 Å².